The van der Waals surface area contributed by atoms with Crippen LogP contribution >= 0.6 is 0 Å². The summed E-state index contributed by atoms with van der Waals surface area (Å²) in [7, 11) is 1.56. The molecule has 5 heteroatoms. The first-order valence-corrected chi connectivity index (χ1v) is 5.48. The molecule has 0 heterocycles. The molecule has 4 N–H and O–H groups in total. The van der Waals surface area contributed by atoms with E-state index in [-0.39, 0.29) is 24.0 Å². The number of methoxy groups -OCH3 is 1. The maximum Gasteiger partial charge on any atom is 0.237 e. The molecule has 96 valence electrons. The van der Waals surface area contributed by atoms with E-state index in [1.165, 1.54) is 0 Å². The number of amides is 1. The number of nitrogens with two attached hydrogens (primary N) is 1. The van der Waals surface area contributed by atoms with Gasteiger partial charge in [0.15, 0.2) is 0 Å². The van der Waals surface area contributed by atoms with Gasteiger partial charge in [0.2, 0.25) is 5.91 Å². The molecule has 0 saturated carbocycles. The molecule has 0 fully saturated rings. The first-order chi connectivity index (χ1) is 7.32. The summed E-state index contributed by atoms with van der Waals surface area (Å²) in [4.78, 5) is 11.8. The second kappa shape index (κ2) is 6.83. The van der Waals surface area contributed by atoms with Crippen molar-refractivity contribution in [1.29, 1.82) is 0 Å². The van der Waals surface area contributed by atoms with Crippen molar-refractivity contribution in [2.75, 3.05) is 20.3 Å². The van der Waals surface area contributed by atoms with Gasteiger partial charge in [0.25, 0.3) is 0 Å². The van der Waals surface area contributed by atoms with Crippen LogP contribution in [0.5, 0.6) is 0 Å². The summed E-state index contributed by atoms with van der Waals surface area (Å²) in [6, 6.07) is -0.749. The Hall–Kier alpha value is -0.650. The molecule has 0 saturated heterocycles. The van der Waals surface area contributed by atoms with Crippen molar-refractivity contribution >= 4 is 5.91 Å². The Labute approximate surface area is 97.3 Å². The van der Waals surface area contributed by atoms with E-state index in [4.69, 9.17) is 15.6 Å². The summed E-state index contributed by atoms with van der Waals surface area (Å²) in [5.41, 5.74) is 5.54. The van der Waals surface area contributed by atoms with E-state index in [1.807, 2.05) is 20.8 Å². The van der Waals surface area contributed by atoms with Crippen LogP contribution < -0.4 is 11.1 Å². The highest BCUT2D eigenvalue weighted by atomic mass is 16.5. The Balaban J connectivity index is 4.28. The lowest BCUT2D eigenvalue weighted by Gasteiger charge is -2.28. The Morgan fingerprint density at radius 1 is 1.50 bits per heavy atom. The Morgan fingerprint density at radius 3 is 2.44 bits per heavy atom. The van der Waals surface area contributed by atoms with E-state index in [9.17, 15) is 4.79 Å². The summed E-state index contributed by atoms with van der Waals surface area (Å²) in [5, 5.41) is 11.6. The average Bonchev–Trinajstić information content (AvgIpc) is 2.15. The highest BCUT2D eigenvalue weighted by Crippen LogP contribution is 2.17. The van der Waals surface area contributed by atoms with Crippen LogP contribution in [0.4, 0.5) is 0 Å². The van der Waals surface area contributed by atoms with Gasteiger partial charge in [-0.05, 0) is 11.8 Å². The minimum atomic E-state index is -0.564. The number of hydrogen-bond donors (Lipinski definition) is 3. The maximum absolute atomic E-state index is 11.8. The van der Waals surface area contributed by atoms with Crippen molar-refractivity contribution in [3.63, 3.8) is 0 Å². The molecule has 0 bridgehead atoms. The molecule has 0 aliphatic carbocycles. The summed E-state index contributed by atoms with van der Waals surface area (Å²) in [5.74, 6) is -0.206. The standard InChI is InChI=1S/C11H24N2O3/c1-11(2,3)9(12)10(15)13-8(5-6-14)7-16-4/h8-9,14H,5-7,12H2,1-4H3,(H,13,15)/t8?,9-/m1/s1. The van der Waals surface area contributed by atoms with Crippen LogP contribution in [0.15, 0.2) is 0 Å². The predicted molar refractivity (Wildman–Crippen MR) is 62.9 cm³/mol. The number of aliphatic hydroxyl groups is 1. The van der Waals surface area contributed by atoms with Crippen LogP contribution in [-0.2, 0) is 9.53 Å². The smallest absolute Gasteiger partial charge is 0.237 e. The van der Waals surface area contributed by atoms with Gasteiger partial charge in [-0.2, -0.15) is 0 Å². The molecular formula is C11H24N2O3. The Bertz CT molecular complexity index is 208. The molecule has 0 spiro atoms. The number of nitrogens with one attached hydrogen (secondary N) is 1. The first kappa shape index (κ1) is 15.3. The van der Waals surface area contributed by atoms with E-state index in [2.05, 4.69) is 5.32 Å². The summed E-state index contributed by atoms with van der Waals surface area (Å²) in [6.45, 7) is 6.13. The monoisotopic (exact) mass is 232 g/mol. The zero-order valence-electron chi connectivity index (χ0n) is 10.6. The van der Waals surface area contributed by atoms with Crippen LogP contribution in [-0.4, -0.2) is 43.4 Å². The van der Waals surface area contributed by atoms with Crippen molar-refractivity contribution < 1.29 is 14.6 Å². The van der Waals surface area contributed by atoms with E-state index >= 15 is 0 Å². The van der Waals surface area contributed by atoms with Gasteiger partial charge in [0, 0.05) is 13.7 Å². The first-order valence-electron chi connectivity index (χ1n) is 5.48. The highest BCUT2D eigenvalue weighted by Gasteiger charge is 2.28. The molecule has 0 radical (unpaired) electrons. The predicted octanol–water partition coefficient (Wildman–Crippen LogP) is -0.127. The Morgan fingerprint density at radius 2 is 2.06 bits per heavy atom. The molecule has 0 aromatic rings. The number of carbonyl (C=O) groups excluding carboxylic acids is 1. The lowest BCUT2D eigenvalue weighted by molar-refractivity contribution is -0.125. The molecule has 5 nitrogen and oxygen atoms in total. The molecule has 2 atom stereocenters. The second-order valence-corrected chi connectivity index (χ2v) is 5.02. The van der Waals surface area contributed by atoms with E-state index in [0.29, 0.717) is 13.0 Å². The minimum Gasteiger partial charge on any atom is -0.396 e. The lowest BCUT2D eigenvalue weighted by atomic mass is 9.87. The van der Waals surface area contributed by atoms with Gasteiger partial charge in [-0.1, -0.05) is 20.8 Å². The number of rotatable bonds is 6. The molecule has 1 amide bonds. The molecule has 0 aromatic carbocycles. The average molecular weight is 232 g/mol. The fraction of sp³-hybridized carbons (Fsp3) is 0.909. The second-order valence-electron chi connectivity index (χ2n) is 5.02. The van der Waals surface area contributed by atoms with E-state index in [0.717, 1.165) is 0 Å². The van der Waals surface area contributed by atoms with Crippen LogP contribution in [0.3, 0.4) is 0 Å². The largest absolute Gasteiger partial charge is 0.396 e. The maximum atomic E-state index is 11.8. The van der Waals surface area contributed by atoms with Gasteiger partial charge < -0.3 is 20.9 Å². The zero-order chi connectivity index (χ0) is 12.8. The van der Waals surface area contributed by atoms with Crippen LogP contribution in [0.1, 0.15) is 27.2 Å². The number of hydrogen-bond acceptors (Lipinski definition) is 4. The van der Waals surface area contributed by atoms with E-state index in [1.54, 1.807) is 7.11 Å². The number of carbonyl (C=O) groups is 1. The van der Waals surface area contributed by atoms with Gasteiger partial charge >= 0.3 is 0 Å². The normalized spacial score (nSPS) is 15.6. The summed E-state index contributed by atoms with van der Waals surface area (Å²) >= 11 is 0. The third kappa shape index (κ3) is 5.44. The lowest BCUT2D eigenvalue weighted by Crippen LogP contribution is -2.52. The molecule has 0 aliphatic rings. The van der Waals surface area contributed by atoms with Crippen molar-refractivity contribution in [3.05, 3.63) is 0 Å². The number of ether oxygens (including phenoxy) is 1. The van der Waals surface area contributed by atoms with Crippen LogP contribution in [0.25, 0.3) is 0 Å². The third-order valence-corrected chi connectivity index (χ3v) is 2.41. The van der Waals surface area contributed by atoms with Crippen molar-refractivity contribution in [2.45, 2.75) is 39.3 Å². The molecule has 0 aliphatic heterocycles. The van der Waals surface area contributed by atoms with Gasteiger partial charge in [-0.25, -0.2) is 0 Å². The molecular weight excluding hydrogens is 208 g/mol. The fourth-order valence-electron chi connectivity index (χ4n) is 1.24. The SMILES string of the molecule is COCC(CCO)NC(=O)[C@@H](N)C(C)(C)C. The van der Waals surface area contributed by atoms with Gasteiger partial charge in [-0.3, -0.25) is 4.79 Å². The zero-order valence-corrected chi connectivity index (χ0v) is 10.6. The van der Waals surface area contributed by atoms with Gasteiger partial charge in [0.05, 0.1) is 18.7 Å². The number of aliphatic hydroxyl groups excluding tert-OH is 1. The Kier molecular flexibility index (Phi) is 6.55. The summed E-state index contributed by atoms with van der Waals surface area (Å²) < 4.78 is 4.96. The molecule has 1 unspecified atom stereocenters. The van der Waals surface area contributed by atoms with E-state index < -0.39 is 6.04 Å². The van der Waals surface area contributed by atoms with Crippen molar-refractivity contribution in [3.8, 4) is 0 Å². The molecule has 16 heavy (non-hydrogen) atoms. The van der Waals surface area contributed by atoms with Crippen molar-refractivity contribution in [1.82, 2.24) is 5.32 Å². The van der Waals surface area contributed by atoms with Gasteiger partial charge in [-0.15, -0.1) is 0 Å². The quantitative estimate of drug-likeness (QED) is 0.596. The van der Waals surface area contributed by atoms with Crippen LogP contribution in [0.2, 0.25) is 0 Å². The van der Waals surface area contributed by atoms with Gasteiger partial charge in [0.1, 0.15) is 0 Å². The topological polar surface area (TPSA) is 84.6 Å². The summed E-state index contributed by atoms with van der Waals surface area (Å²) in [6.07, 6.45) is 0.469. The van der Waals surface area contributed by atoms with Crippen LogP contribution in [0, 0.1) is 5.41 Å². The highest BCUT2D eigenvalue weighted by molar-refractivity contribution is 5.82. The van der Waals surface area contributed by atoms with Crippen molar-refractivity contribution in [2.24, 2.45) is 11.1 Å². The molecule has 0 rings (SSSR count). The third-order valence-electron chi connectivity index (χ3n) is 2.41. The molecule has 0 aromatic heterocycles. The minimum absolute atomic E-state index is 0.0130. The fourth-order valence-corrected chi connectivity index (χ4v) is 1.24.